The molecule has 0 saturated carbocycles. The van der Waals surface area contributed by atoms with Crippen LogP contribution < -0.4 is 5.73 Å². The van der Waals surface area contributed by atoms with Crippen molar-refractivity contribution in [3.63, 3.8) is 0 Å². The molecule has 1 rings (SSSR count). The average molecular weight is 164 g/mol. The van der Waals surface area contributed by atoms with Crippen molar-refractivity contribution >= 4 is 0 Å². The van der Waals surface area contributed by atoms with E-state index < -0.39 is 0 Å². The quantitative estimate of drug-likeness (QED) is 0.700. The van der Waals surface area contributed by atoms with E-state index in [-0.39, 0.29) is 6.04 Å². The Bertz CT molecular complexity index is 305. The van der Waals surface area contributed by atoms with Crippen LogP contribution in [0.3, 0.4) is 0 Å². The fourth-order valence-corrected chi connectivity index (χ4v) is 0.989. The van der Waals surface area contributed by atoms with Gasteiger partial charge >= 0.3 is 0 Å². The van der Waals surface area contributed by atoms with Gasteiger partial charge in [0.2, 0.25) is 0 Å². The molecule has 1 atom stereocenters. The van der Waals surface area contributed by atoms with E-state index in [0.717, 1.165) is 11.5 Å². The second-order valence-electron chi connectivity index (χ2n) is 2.79. The van der Waals surface area contributed by atoms with Gasteiger partial charge < -0.3 is 10.3 Å². The van der Waals surface area contributed by atoms with Crippen molar-refractivity contribution < 1.29 is 0 Å². The number of aryl methyl sites for hydroxylation is 1. The Labute approximate surface area is 71.6 Å². The number of aromatic nitrogens is 2. The first kappa shape index (κ1) is 8.75. The molecule has 0 aliphatic heterocycles. The lowest BCUT2D eigenvalue weighted by molar-refractivity contribution is 0.780. The Morgan fingerprint density at radius 3 is 2.92 bits per heavy atom. The Morgan fingerprint density at radius 1 is 1.83 bits per heavy atom. The van der Waals surface area contributed by atoms with E-state index in [2.05, 4.69) is 11.1 Å². The zero-order valence-corrected chi connectivity index (χ0v) is 7.28. The lowest BCUT2D eigenvalue weighted by Gasteiger charge is -1.96. The van der Waals surface area contributed by atoms with Gasteiger partial charge in [0.25, 0.3) is 0 Å². The molecule has 0 unspecified atom stereocenters. The van der Waals surface area contributed by atoms with Crippen molar-refractivity contribution in [3.05, 3.63) is 17.7 Å². The SMILES string of the molecule is Cc1nc([C@@H](C)N)cn1CC#N. The highest BCUT2D eigenvalue weighted by molar-refractivity contribution is 5.07. The Kier molecular flexibility index (Phi) is 2.46. The largest absolute Gasteiger partial charge is 0.323 e. The third kappa shape index (κ3) is 1.63. The average Bonchev–Trinajstić information content (AvgIpc) is 2.34. The van der Waals surface area contributed by atoms with Gasteiger partial charge in [-0.3, -0.25) is 0 Å². The van der Waals surface area contributed by atoms with Crippen LogP contribution in [0.25, 0.3) is 0 Å². The van der Waals surface area contributed by atoms with E-state index >= 15 is 0 Å². The summed E-state index contributed by atoms with van der Waals surface area (Å²) in [6.07, 6.45) is 1.82. The molecule has 0 fully saturated rings. The molecule has 0 aliphatic rings. The predicted molar refractivity (Wildman–Crippen MR) is 45.2 cm³/mol. The molecule has 0 radical (unpaired) electrons. The van der Waals surface area contributed by atoms with E-state index in [0.29, 0.717) is 6.54 Å². The monoisotopic (exact) mass is 164 g/mol. The Morgan fingerprint density at radius 2 is 2.50 bits per heavy atom. The van der Waals surface area contributed by atoms with E-state index in [1.807, 2.05) is 20.0 Å². The number of nitrogens with two attached hydrogens (primary N) is 1. The van der Waals surface area contributed by atoms with Crippen LogP contribution in [0.1, 0.15) is 24.5 Å². The van der Waals surface area contributed by atoms with Crippen molar-refractivity contribution in [1.82, 2.24) is 9.55 Å². The van der Waals surface area contributed by atoms with Gasteiger partial charge in [-0.2, -0.15) is 5.26 Å². The molecular formula is C8H12N4. The lowest BCUT2D eigenvalue weighted by atomic mass is 10.3. The molecule has 1 aromatic heterocycles. The Balaban J connectivity index is 2.94. The van der Waals surface area contributed by atoms with Gasteiger partial charge in [-0.15, -0.1) is 0 Å². The molecule has 64 valence electrons. The first-order valence-electron chi connectivity index (χ1n) is 3.81. The summed E-state index contributed by atoms with van der Waals surface area (Å²) in [6.45, 7) is 4.08. The van der Waals surface area contributed by atoms with Crippen LogP contribution in [0.2, 0.25) is 0 Å². The summed E-state index contributed by atoms with van der Waals surface area (Å²) < 4.78 is 1.79. The molecule has 0 amide bonds. The van der Waals surface area contributed by atoms with E-state index in [9.17, 15) is 0 Å². The maximum Gasteiger partial charge on any atom is 0.111 e. The highest BCUT2D eigenvalue weighted by Crippen LogP contribution is 2.08. The van der Waals surface area contributed by atoms with Gasteiger partial charge in [-0.05, 0) is 13.8 Å². The van der Waals surface area contributed by atoms with Crippen LogP contribution in [0.15, 0.2) is 6.20 Å². The number of rotatable bonds is 2. The summed E-state index contributed by atoms with van der Waals surface area (Å²) in [5.41, 5.74) is 6.47. The number of hydrogen-bond acceptors (Lipinski definition) is 3. The molecule has 2 N–H and O–H groups in total. The number of hydrogen-bond donors (Lipinski definition) is 1. The summed E-state index contributed by atoms with van der Waals surface area (Å²) in [5, 5.41) is 8.46. The molecule has 0 aromatic carbocycles. The lowest BCUT2D eigenvalue weighted by Crippen LogP contribution is -2.04. The highest BCUT2D eigenvalue weighted by atomic mass is 15.1. The fraction of sp³-hybridized carbons (Fsp3) is 0.500. The fourth-order valence-electron chi connectivity index (χ4n) is 0.989. The van der Waals surface area contributed by atoms with Crippen LogP contribution in [-0.4, -0.2) is 9.55 Å². The number of imidazole rings is 1. The van der Waals surface area contributed by atoms with Gasteiger partial charge in [-0.25, -0.2) is 4.98 Å². The van der Waals surface area contributed by atoms with Gasteiger partial charge in [0.05, 0.1) is 11.8 Å². The molecule has 12 heavy (non-hydrogen) atoms. The smallest absolute Gasteiger partial charge is 0.111 e. The summed E-state index contributed by atoms with van der Waals surface area (Å²) in [6, 6.07) is 1.99. The summed E-state index contributed by atoms with van der Waals surface area (Å²) >= 11 is 0. The van der Waals surface area contributed by atoms with Crippen LogP contribution in [-0.2, 0) is 6.54 Å². The molecule has 0 spiro atoms. The second-order valence-corrected chi connectivity index (χ2v) is 2.79. The zero-order chi connectivity index (χ0) is 9.14. The van der Waals surface area contributed by atoms with E-state index in [4.69, 9.17) is 11.0 Å². The van der Waals surface area contributed by atoms with Crippen LogP contribution in [0.5, 0.6) is 0 Å². The Hall–Kier alpha value is -1.34. The van der Waals surface area contributed by atoms with E-state index in [1.54, 1.807) is 4.57 Å². The number of nitrogens with zero attached hydrogens (tertiary/aromatic N) is 3. The third-order valence-electron chi connectivity index (χ3n) is 1.70. The van der Waals surface area contributed by atoms with Gasteiger partial charge in [0.15, 0.2) is 0 Å². The van der Waals surface area contributed by atoms with Gasteiger partial charge in [-0.1, -0.05) is 0 Å². The molecule has 0 saturated heterocycles. The van der Waals surface area contributed by atoms with Crippen LogP contribution in [0, 0.1) is 18.3 Å². The van der Waals surface area contributed by atoms with Gasteiger partial charge in [0.1, 0.15) is 12.4 Å². The standard InChI is InChI=1S/C8H12N4/c1-6(10)8-5-12(4-3-9)7(2)11-8/h5-6H,4,10H2,1-2H3/t6-/m1/s1. The highest BCUT2D eigenvalue weighted by Gasteiger charge is 2.06. The first-order chi connectivity index (χ1) is 5.65. The maximum absolute atomic E-state index is 8.46. The van der Waals surface area contributed by atoms with Crippen molar-refractivity contribution in [2.75, 3.05) is 0 Å². The van der Waals surface area contributed by atoms with Crippen molar-refractivity contribution in [3.8, 4) is 6.07 Å². The van der Waals surface area contributed by atoms with E-state index in [1.165, 1.54) is 0 Å². The predicted octanol–water partition coefficient (Wildman–Crippen LogP) is 0.735. The maximum atomic E-state index is 8.46. The third-order valence-corrected chi connectivity index (χ3v) is 1.70. The molecule has 0 bridgehead atoms. The minimum absolute atomic E-state index is 0.0661. The summed E-state index contributed by atoms with van der Waals surface area (Å²) in [4.78, 5) is 4.22. The molecule has 0 aliphatic carbocycles. The molecule has 1 heterocycles. The minimum atomic E-state index is -0.0661. The topological polar surface area (TPSA) is 67.6 Å². The molecule has 4 heteroatoms. The van der Waals surface area contributed by atoms with Crippen molar-refractivity contribution in [2.45, 2.75) is 26.4 Å². The summed E-state index contributed by atoms with van der Waals surface area (Å²) in [7, 11) is 0. The normalized spacial score (nSPS) is 12.5. The first-order valence-corrected chi connectivity index (χ1v) is 3.81. The zero-order valence-electron chi connectivity index (χ0n) is 7.28. The van der Waals surface area contributed by atoms with Gasteiger partial charge in [0, 0.05) is 12.2 Å². The van der Waals surface area contributed by atoms with Crippen molar-refractivity contribution in [2.24, 2.45) is 5.73 Å². The molecule has 1 aromatic rings. The minimum Gasteiger partial charge on any atom is -0.323 e. The molecule has 4 nitrogen and oxygen atoms in total. The van der Waals surface area contributed by atoms with Crippen LogP contribution in [0.4, 0.5) is 0 Å². The summed E-state index contributed by atoms with van der Waals surface area (Å²) in [5.74, 6) is 0.837. The van der Waals surface area contributed by atoms with Crippen LogP contribution >= 0.6 is 0 Å². The molecular weight excluding hydrogens is 152 g/mol. The number of nitriles is 1. The van der Waals surface area contributed by atoms with Crippen molar-refractivity contribution in [1.29, 1.82) is 5.26 Å². The second kappa shape index (κ2) is 3.37.